The van der Waals surface area contributed by atoms with Crippen molar-refractivity contribution in [2.75, 3.05) is 5.01 Å². The Balaban J connectivity index is 1.43. The third kappa shape index (κ3) is 3.97. The van der Waals surface area contributed by atoms with Crippen LogP contribution < -0.4 is 5.01 Å². The van der Waals surface area contributed by atoms with Crippen LogP contribution in [0.1, 0.15) is 29.7 Å². The van der Waals surface area contributed by atoms with E-state index < -0.39 is 23.8 Å². The summed E-state index contributed by atoms with van der Waals surface area (Å²) in [5, 5.41) is 6.69. The number of hydrazone groups is 1. The van der Waals surface area contributed by atoms with Crippen LogP contribution in [0.2, 0.25) is 0 Å². The number of aromatic amines is 1. The van der Waals surface area contributed by atoms with Gasteiger partial charge >= 0.3 is 0 Å². The number of carbonyl (C=O) groups is 3. The van der Waals surface area contributed by atoms with Crippen LogP contribution in [-0.2, 0) is 14.4 Å². The number of benzene rings is 4. The fourth-order valence-electron chi connectivity index (χ4n) is 6.02. The molecule has 42 heavy (non-hydrogen) atoms. The number of aromatic nitrogens is 1. The number of anilines is 1. The van der Waals surface area contributed by atoms with Crippen LogP contribution in [0.3, 0.4) is 0 Å². The van der Waals surface area contributed by atoms with Gasteiger partial charge in [-0.1, -0.05) is 97.1 Å². The van der Waals surface area contributed by atoms with Gasteiger partial charge in [0, 0.05) is 28.2 Å². The highest BCUT2D eigenvalue weighted by atomic mass is 16.2. The van der Waals surface area contributed by atoms with E-state index in [1.54, 1.807) is 25.3 Å². The fourth-order valence-corrected chi connectivity index (χ4v) is 6.02. The van der Waals surface area contributed by atoms with Crippen LogP contribution >= 0.6 is 0 Å². The largest absolute Gasteiger partial charge is 0.361 e. The molecule has 1 aromatic heterocycles. The first-order valence-electron chi connectivity index (χ1n) is 13.8. The summed E-state index contributed by atoms with van der Waals surface area (Å²) in [5.41, 5.74) is 4.41. The Morgan fingerprint density at radius 1 is 0.714 bits per heavy atom. The summed E-state index contributed by atoms with van der Waals surface area (Å²) in [6, 6.07) is 35.0. The number of fused-ring (bicyclic) bond motifs is 1. The van der Waals surface area contributed by atoms with Crippen LogP contribution in [0.5, 0.6) is 0 Å². The number of rotatable bonds is 6. The zero-order valence-corrected chi connectivity index (χ0v) is 22.8. The third-order valence-corrected chi connectivity index (χ3v) is 7.92. The van der Waals surface area contributed by atoms with Gasteiger partial charge in [0.05, 0.1) is 23.0 Å². The first-order valence-corrected chi connectivity index (χ1v) is 13.8. The molecule has 7 nitrogen and oxygen atoms in total. The zero-order chi connectivity index (χ0) is 28.8. The normalized spacial score (nSPS) is 17.2. The lowest BCUT2D eigenvalue weighted by molar-refractivity contribution is -0.139. The molecule has 7 rings (SSSR count). The second kappa shape index (κ2) is 10.1. The van der Waals surface area contributed by atoms with E-state index in [2.05, 4.69) is 10.1 Å². The second-order valence-corrected chi connectivity index (χ2v) is 10.4. The van der Waals surface area contributed by atoms with Crippen molar-refractivity contribution in [3.05, 3.63) is 144 Å². The molecule has 1 atom stereocenters. The molecule has 3 amide bonds. The molecule has 1 N–H and O–H groups in total. The monoisotopic (exact) mass is 550 g/mol. The molecule has 204 valence electrons. The summed E-state index contributed by atoms with van der Waals surface area (Å²) in [6.45, 7) is 1.73. The van der Waals surface area contributed by atoms with E-state index in [9.17, 15) is 14.4 Å². The Morgan fingerprint density at radius 3 is 1.93 bits per heavy atom. The van der Waals surface area contributed by atoms with Gasteiger partial charge in [0.1, 0.15) is 5.92 Å². The smallest absolute Gasteiger partial charge is 0.262 e. The average molecular weight is 551 g/mol. The average Bonchev–Trinajstić information content (AvgIpc) is 3.66. The maximum Gasteiger partial charge on any atom is 0.262 e. The highest BCUT2D eigenvalue weighted by molar-refractivity contribution is 6.40. The SMILES string of the molecule is CC1=NN(c2ccccc2)C(=O)C1C1=C(c2c[nH]c3ccccc23)C(=O)N(C(c2ccccc2)c2ccccc2)C1=O. The number of hydrogen-bond donors (Lipinski definition) is 1. The van der Waals surface area contributed by atoms with Crippen molar-refractivity contribution >= 4 is 45.6 Å². The number of nitrogens with one attached hydrogen (secondary N) is 1. The standard InChI is InChI=1S/C35H26N4O3/c1-22-29(35(42)39(37-22)25-17-9-4-10-18-25)31-30(27-21-36-28-20-12-11-19-26(27)28)33(40)38(34(31)41)32(23-13-5-2-6-14-23)24-15-7-3-8-16-24/h2-21,29,32,36H,1H3. The maximum atomic E-state index is 14.7. The van der Waals surface area contributed by atoms with E-state index >= 15 is 0 Å². The van der Waals surface area contributed by atoms with Crippen molar-refractivity contribution in [1.29, 1.82) is 0 Å². The molecule has 0 spiro atoms. The first kappa shape index (κ1) is 25.4. The molecular formula is C35H26N4O3. The van der Waals surface area contributed by atoms with Crippen molar-refractivity contribution in [2.45, 2.75) is 13.0 Å². The van der Waals surface area contributed by atoms with Crippen LogP contribution in [-0.4, -0.2) is 33.3 Å². The van der Waals surface area contributed by atoms with Gasteiger partial charge in [-0.25, -0.2) is 0 Å². The van der Waals surface area contributed by atoms with Gasteiger partial charge in [-0.15, -0.1) is 0 Å². The molecular weight excluding hydrogens is 524 g/mol. The lowest BCUT2D eigenvalue weighted by Crippen LogP contribution is -2.38. The Hall–Kier alpha value is -5.56. The van der Waals surface area contributed by atoms with E-state index in [4.69, 9.17) is 0 Å². The molecule has 0 saturated carbocycles. The minimum absolute atomic E-state index is 0.145. The molecule has 0 bridgehead atoms. The van der Waals surface area contributed by atoms with Crippen LogP contribution in [0.15, 0.2) is 132 Å². The predicted octanol–water partition coefficient (Wildman–Crippen LogP) is 6.12. The number of carbonyl (C=O) groups excluding carboxylic acids is 3. The van der Waals surface area contributed by atoms with Crippen molar-refractivity contribution in [3.8, 4) is 0 Å². The minimum Gasteiger partial charge on any atom is -0.361 e. The number of nitrogens with zero attached hydrogens (tertiary/aromatic N) is 3. The Kier molecular flexibility index (Phi) is 6.12. The number of H-pyrrole nitrogens is 1. The molecule has 0 radical (unpaired) electrons. The molecule has 5 aromatic rings. The van der Waals surface area contributed by atoms with E-state index in [1.807, 2.05) is 103 Å². The Bertz CT molecular complexity index is 1870. The molecule has 1 unspecified atom stereocenters. The lowest BCUT2D eigenvalue weighted by atomic mass is 9.88. The van der Waals surface area contributed by atoms with Gasteiger partial charge in [0.2, 0.25) is 0 Å². The van der Waals surface area contributed by atoms with Crippen LogP contribution in [0, 0.1) is 5.92 Å². The summed E-state index contributed by atoms with van der Waals surface area (Å²) in [7, 11) is 0. The quantitative estimate of drug-likeness (QED) is 0.259. The minimum atomic E-state index is -1.01. The Labute approximate surface area is 242 Å². The van der Waals surface area contributed by atoms with Gasteiger partial charge in [0.15, 0.2) is 0 Å². The number of para-hydroxylation sites is 2. The number of amides is 3. The van der Waals surface area contributed by atoms with Crippen molar-refractivity contribution in [3.63, 3.8) is 0 Å². The summed E-state index contributed by atoms with van der Waals surface area (Å²) in [6.07, 6.45) is 1.75. The molecule has 7 heteroatoms. The maximum absolute atomic E-state index is 14.7. The van der Waals surface area contributed by atoms with Crippen LogP contribution in [0.4, 0.5) is 5.69 Å². The van der Waals surface area contributed by atoms with Gasteiger partial charge in [-0.05, 0) is 36.2 Å². The van der Waals surface area contributed by atoms with Crippen molar-refractivity contribution in [2.24, 2.45) is 11.0 Å². The summed E-state index contributed by atoms with van der Waals surface area (Å²) >= 11 is 0. The van der Waals surface area contributed by atoms with Gasteiger partial charge in [0.25, 0.3) is 17.7 Å². The molecule has 2 aliphatic heterocycles. The highest BCUT2D eigenvalue weighted by Gasteiger charge is 2.51. The molecule has 0 fully saturated rings. The zero-order valence-electron chi connectivity index (χ0n) is 22.8. The molecule has 0 aliphatic carbocycles. The van der Waals surface area contributed by atoms with E-state index in [0.29, 0.717) is 17.0 Å². The topological polar surface area (TPSA) is 85.8 Å². The van der Waals surface area contributed by atoms with Gasteiger partial charge < -0.3 is 4.98 Å². The van der Waals surface area contributed by atoms with Crippen molar-refractivity contribution < 1.29 is 14.4 Å². The third-order valence-electron chi connectivity index (χ3n) is 7.92. The second-order valence-electron chi connectivity index (χ2n) is 10.4. The van der Waals surface area contributed by atoms with E-state index in [1.165, 1.54) is 9.91 Å². The molecule has 2 aliphatic rings. The Morgan fingerprint density at radius 2 is 1.29 bits per heavy atom. The number of hydrogen-bond acceptors (Lipinski definition) is 4. The van der Waals surface area contributed by atoms with Gasteiger partial charge in [-0.2, -0.15) is 10.1 Å². The van der Waals surface area contributed by atoms with Gasteiger partial charge in [-0.3, -0.25) is 19.3 Å². The predicted molar refractivity (Wildman–Crippen MR) is 162 cm³/mol. The molecule has 3 heterocycles. The molecule has 4 aromatic carbocycles. The summed E-state index contributed by atoms with van der Waals surface area (Å²) < 4.78 is 0. The summed E-state index contributed by atoms with van der Waals surface area (Å²) in [5.74, 6) is -2.33. The highest BCUT2D eigenvalue weighted by Crippen LogP contribution is 2.44. The molecule has 0 saturated heterocycles. The number of imide groups is 1. The lowest BCUT2D eigenvalue weighted by Gasteiger charge is -2.28. The summed E-state index contributed by atoms with van der Waals surface area (Å²) in [4.78, 5) is 47.9. The van der Waals surface area contributed by atoms with E-state index in [-0.39, 0.29) is 17.1 Å². The fraction of sp³-hybridized carbons (Fsp3) is 0.0857. The van der Waals surface area contributed by atoms with Crippen LogP contribution in [0.25, 0.3) is 16.5 Å². The van der Waals surface area contributed by atoms with E-state index in [0.717, 1.165) is 22.0 Å². The first-order chi connectivity index (χ1) is 20.5. The van der Waals surface area contributed by atoms with Crippen molar-refractivity contribution in [1.82, 2.24) is 9.88 Å².